The van der Waals surface area contributed by atoms with E-state index in [4.69, 9.17) is 11.5 Å². The van der Waals surface area contributed by atoms with E-state index in [0.29, 0.717) is 6.42 Å². The van der Waals surface area contributed by atoms with Gasteiger partial charge in [0.05, 0.1) is 18.1 Å². The van der Waals surface area contributed by atoms with Crippen molar-refractivity contribution in [2.24, 2.45) is 22.8 Å². The molecule has 0 saturated carbocycles. The van der Waals surface area contributed by atoms with Crippen LogP contribution in [-0.2, 0) is 14.4 Å². The van der Waals surface area contributed by atoms with Crippen LogP contribution in [0.15, 0.2) is 0 Å². The average Bonchev–Trinajstić information content (AvgIpc) is 2.47. The third kappa shape index (κ3) is 8.94. The third-order valence-corrected chi connectivity index (χ3v) is 3.84. The summed E-state index contributed by atoms with van der Waals surface area (Å²) in [6.07, 6.45) is -0.286. The molecule has 0 radical (unpaired) electrons. The van der Waals surface area contributed by atoms with E-state index in [-0.39, 0.29) is 30.7 Å². The lowest BCUT2D eigenvalue weighted by Gasteiger charge is -2.28. The number of aliphatic hydroxyl groups is 1. The molecular formula is C17H34N4O4. The van der Waals surface area contributed by atoms with E-state index >= 15 is 0 Å². The van der Waals surface area contributed by atoms with Gasteiger partial charge in [-0.15, -0.1) is 0 Å². The van der Waals surface area contributed by atoms with Crippen LogP contribution in [0, 0.1) is 11.3 Å². The van der Waals surface area contributed by atoms with Crippen LogP contribution in [-0.4, -0.2) is 54.0 Å². The highest BCUT2D eigenvalue weighted by Crippen LogP contribution is 2.24. The van der Waals surface area contributed by atoms with Crippen LogP contribution in [0.25, 0.3) is 0 Å². The zero-order valence-electron chi connectivity index (χ0n) is 16.0. The van der Waals surface area contributed by atoms with Crippen LogP contribution >= 0.6 is 0 Å². The summed E-state index contributed by atoms with van der Waals surface area (Å²) >= 11 is 0. The first kappa shape index (κ1) is 23.5. The second-order valence-corrected chi connectivity index (χ2v) is 7.67. The first-order valence-electron chi connectivity index (χ1n) is 8.62. The fourth-order valence-corrected chi connectivity index (χ4v) is 2.50. The molecule has 0 aliphatic heterocycles. The number of Topliss-reactive ketones (excluding diaryl/α,β-unsaturated/α-hetero) is 1. The van der Waals surface area contributed by atoms with E-state index in [0.717, 1.165) is 0 Å². The van der Waals surface area contributed by atoms with Gasteiger partial charge >= 0.3 is 0 Å². The Morgan fingerprint density at radius 1 is 1.08 bits per heavy atom. The number of nitrogens with one attached hydrogen (secondary N) is 2. The Morgan fingerprint density at radius 3 is 2.00 bits per heavy atom. The molecule has 0 fully saturated rings. The maximum Gasteiger partial charge on any atom is 0.245 e. The van der Waals surface area contributed by atoms with Crippen molar-refractivity contribution < 1.29 is 19.5 Å². The molecule has 2 amide bonds. The zero-order chi connectivity index (χ0) is 19.8. The molecule has 0 spiro atoms. The Labute approximate surface area is 150 Å². The van der Waals surface area contributed by atoms with E-state index in [1.165, 1.54) is 13.8 Å². The second kappa shape index (κ2) is 10.5. The number of carbonyl (C=O) groups is 3. The van der Waals surface area contributed by atoms with E-state index in [2.05, 4.69) is 10.6 Å². The monoisotopic (exact) mass is 358 g/mol. The first-order chi connectivity index (χ1) is 11.4. The highest BCUT2D eigenvalue weighted by Gasteiger charge is 2.31. The molecular weight excluding hydrogens is 324 g/mol. The molecule has 0 aromatic rings. The predicted molar refractivity (Wildman–Crippen MR) is 96.5 cm³/mol. The lowest BCUT2D eigenvalue weighted by molar-refractivity contribution is -0.135. The van der Waals surface area contributed by atoms with Crippen molar-refractivity contribution in [2.75, 3.05) is 13.1 Å². The van der Waals surface area contributed by atoms with E-state index in [9.17, 15) is 19.5 Å². The first-order valence-corrected chi connectivity index (χ1v) is 8.62. The van der Waals surface area contributed by atoms with Gasteiger partial charge in [-0.25, -0.2) is 0 Å². The quantitative estimate of drug-likeness (QED) is 0.348. The number of amides is 2. The predicted octanol–water partition coefficient (Wildman–Crippen LogP) is -0.714. The number of aliphatic hydroxyl groups excluding tert-OH is 1. The Kier molecular flexibility index (Phi) is 9.84. The molecule has 4 atom stereocenters. The van der Waals surface area contributed by atoms with Crippen LogP contribution in [0.4, 0.5) is 0 Å². The van der Waals surface area contributed by atoms with Crippen molar-refractivity contribution in [3.63, 3.8) is 0 Å². The molecule has 0 bridgehead atoms. The fraction of sp³-hybridized carbons (Fsp3) is 0.824. The van der Waals surface area contributed by atoms with Crippen LogP contribution in [0.5, 0.6) is 0 Å². The summed E-state index contributed by atoms with van der Waals surface area (Å²) in [4.78, 5) is 36.4. The highest BCUT2D eigenvalue weighted by molar-refractivity contribution is 5.92. The maximum absolute atomic E-state index is 12.4. The molecule has 7 N–H and O–H groups in total. The normalized spacial score (nSPS) is 16.5. The lowest BCUT2D eigenvalue weighted by Crippen LogP contribution is -2.57. The lowest BCUT2D eigenvalue weighted by atomic mass is 9.84. The largest absolute Gasteiger partial charge is 0.391 e. The van der Waals surface area contributed by atoms with Gasteiger partial charge in [0.2, 0.25) is 11.8 Å². The van der Waals surface area contributed by atoms with Crippen molar-refractivity contribution in [3.05, 3.63) is 0 Å². The molecule has 146 valence electrons. The molecule has 0 aromatic carbocycles. The summed E-state index contributed by atoms with van der Waals surface area (Å²) in [6, 6.07) is -1.91. The molecule has 25 heavy (non-hydrogen) atoms. The van der Waals surface area contributed by atoms with Crippen molar-refractivity contribution in [3.8, 4) is 0 Å². The number of hydrogen-bond donors (Lipinski definition) is 5. The van der Waals surface area contributed by atoms with Crippen LogP contribution in [0.1, 0.15) is 47.5 Å². The van der Waals surface area contributed by atoms with Crippen LogP contribution < -0.4 is 22.1 Å². The highest BCUT2D eigenvalue weighted by atomic mass is 16.3. The number of ketones is 1. The Morgan fingerprint density at radius 2 is 1.64 bits per heavy atom. The number of carbonyl (C=O) groups excluding carboxylic acids is 3. The Balaban J connectivity index is 5.07. The standard InChI is InChI=1S/C17H34N4O4/c1-10(22)13(6-7-18)20-16(25)14(11(2)23)21-15(24)12(9-19)8-17(3,4)5/h11-14,23H,6-9,18-19H2,1-5H3,(H,20,25)(H,21,24)/t11-,12-,13-,14-/m0/s1. The average molecular weight is 358 g/mol. The zero-order valence-corrected chi connectivity index (χ0v) is 16.0. The van der Waals surface area contributed by atoms with E-state index in [1.54, 1.807) is 0 Å². The van der Waals surface area contributed by atoms with Gasteiger partial charge in [0.1, 0.15) is 6.04 Å². The van der Waals surface area contributed by atoms with E-state index in [1.807, 2.05) is 20.8 Å². The van der Waals surface area contributed by atoms with Crippen molar-refractivity contribution in [1.82, 2.24) is 10.6 Å². The summed E-state index contributed by atoms with van der Waals surface area (Å²) in [5.74, 6) is -1.72. The smallest absolute Gasteiger partial charge is 0.245 e. The summed E-state index contributed by atoms with van der Waals surface area (Å²) in [7, 11) is 0. The summed E-state index contributed by atoms with van der Waals surface area (Å²) in [6.45, 7) is 9.10. The van der Waals surface area contributed by atoms with Gasteiger partial charge in [0.25, 0.3) is 0 Å². The van der Waals surface area contributed by atoms with Crippen LogP contribution in [0.3, 0.4) is 0 Å². The van der Waals surface area contributed by atoms with Gasteiger partial charge in [-0.05, 0) is 38.6 Å². The van der Waals surface area contributed by atoms with Crippen molar-refractivity contribution in [2.45, 2.75) is 65.6 Å². The van der Waals surface area contributed by atoms with Crippen molar-refractivity contribution >= 4 is 17.6 Å². The summed E-state index contributed by atoms with van der Waals surface area (Å²) in [5, 5.41) is 15.0. The Hall–Kier alpha value is -1.51. The third-order valence-electron chi connectivity index (χ3n) is 3.84. The molecule has 0 saturated heterocycles. The molecule has 0 heterocycles. The fourth-order valence-electron chi connectivity index (χ4n) is 2.50. The molecule has 0 rings (SSSR count). The minimum absolute atomic E-state index is 0.106. The van der Waals surface area contributed by atoms with Crippen LogP contribution in [0.2, 0.25) is 0 Å². The van der Waals surface area contributed by atoms with Gasteiger partial charge in [-0.1, -0.05) is 20.8 Å². The maximum atomic E-state index is 12.4. The second-order valence-electron chi connectivity index (χ2n) is 7.67. The topological polar surface area (TPSA) is 148 Å². The Bertz CT molecular complexity index is 460. The van der Waals surface area contributed by atoms with E-state index < -0.39 is 35.9 Å². The minimum Gasteiger partial charge on any atom is -0.391 e. The SMILES string of the molecule is CC(=O)[C@H](CCN)NC(=O)[C@@H](NC(=O)[C@H](CN)CC(C)(C)C)[C@H](C)O. The summed E-state index contributed by atoms with van der Waals surface area (Å²) < 4.78 is 0. The van der Waals surface area contributed by atoms with Gasteiger partial charge in [0.15, 0.2) is 5.78 Å². The van der Waals surface area contributed by atoms with Gasteiger partial charge in [-0.3, -0.25) is 14.4 Å². The van der Waals surface area contributed by atoms with Gasteiger partial charge in [-0.2, -0.15) is 0 Å². The summed E-state index contributed by atoms with van der Waals surface area (Å²) in [5.41, 5.74) is 11.0. The van der Waals surface area contributed by atoms with Gasteiger partial charge < -0.3 is 27.2 Å². The number of nitrogens with two attached hydrogens (primary N) is 2. The molecule has 8 heteroatoms. The molecule has 0 aromatic heterocycles. The molecule has 0 aliphatic carbocycles. The van der Waals surface area contributed by atoms with Gasteiger partial charge in [0, 0.05) is 6.54 Å². The molecule has 0 aliphatic rings. The molecule has 0 unspecified atom stereocenters. The van der Waals surface area contributed by atoms with Crippen molar-refractivity contribution in [1.29, 1.82) is 0 Å². The minimum atomic E-state index is -1.17. The number of hydrogen-bond acceptors (Lipinski definition) is 6. The number of rotatable bonds is 10. The molecule has 8 nitrogen and oxygen atoms in total.